The molecule has 4 rings (SSSR count). The van der Waals surface area contributed by atoms with Crippen molar-refractivity contribution in [1.82, 2.24) is 9.79 Å². The molecule has 1 N–H and O–H groups in total. The number of nitrogens with zero attached hydrogens (tertiary/aromatic N) is 1. The highest BCUT2D eigenvalue weighted by atomic mass is 19.1. The number of fused-ring (bicyclic) bond motifs is 3. The van der Waals surface area contributed by atoms with Crippen LogP contribution in [-0.2, 0) is 19.4 Å². The Morgan fingerprint density at radius 2 is 1.88 bits per heavy atom. The van der Waals surface area contributed by atoms with Gasteiger partial charge in [-0.1, -0.05) is 12.1 Å². The fraction of sp³-hybridized carbons (Fsp3) is 0.263. The first-order valence-corrected chi connectivity index (χ1v) is 8.19. The maximum absolute atomic E-state index is 12.9. The van der Waals surface area contributed by atoms with E-state index in [-0.39, 0.29) is 5.82 Å². The molecule has 0 atom stereocenters. The van der Waals surface area contributed by atoms with Crippen LogP contribution in [0.1, 0.15) is 16.8 Å². The molecule has 2 radical (unpaired) electrons. The number of aromatic amines is 1. The summed E-state index contributed by atoms with van der Waals surface area (Å²) in [7, 11) is 5.92. The Kier molecular flexibility index (Phi) is 4.02. The minimum absolute atomic E-state index is 0.232. The number of benzene rings is 2. The molecule has 1 aliphatic heterocycles. The van der Waals surface area contributed by atoms with Crippen LogP contribution in [0.25, 0.3) is 10.9 Å². The van der Waals surface area contributed by atoms with Gasteiger partial charge in [-0.2, -0.15) is 0 Å². The first-order chi connectivity index (χ1) is 11.7. The van der Waals surface area contributed by atoms with Gasteiger partial charge in [-0.3, -0.25) is 0 Å². The Morgan fingerprint density at radius 1 is 1.08 bits per heavy atom. The summed E-state index contributed by atoms with van der Waals surface area (Å²) in [4.78, 5) is 5.39. The molecule has 3 aromatic rings. The third-order valence-corrected chi connectivity index (χ3v) is 4.58. The van der Waals surface area contributed by atoms with Crippen molar-refractivity contribution in [2.45, 2.75) is 19.4 Å². The van der Waals surface area contributed by atoms with E-state index in [9.17, 15) is 4.39 Å². The van der Waals surface area contributed by atoms with Gasteiger partial charge in [0.2, 0.25) is 0 Å². The second kappa shape index (κ2) is 6.32. The third-order valence-electron chi connectivity index (χ3n) is 4.58. The van der Waals surface area contributed by atoms with Crippen LogP contribution in [0, 0.1) is 5.82 Å². The molecule has 1 aromatic heterocycles. The molecule has 0 aliphatic carbocycles. The van der Waals surface area contributed by atoms with E-state index in [1.165, 1.54) is 28.8 Å². The fourth-order valence-corrected chi connectivity index (χ4v) is 3.25. The van der Waals surface area contributed by atoms with Crippen molar-refractivity contribution in [2.75, 3.05) is 13.1 Å². The summed E-state index contributed by atoms with van der Waals surface area (Å²) >= 11 is 0. The number of halogens is 1. The first kappa shape index (κ1) is 15.3. The van der Waals surface area contributed by atoms with Crippen LogP contribution in [0.15, 0.2) is 42.5 Å². The number of nitrogens with one attached hydrogen (secondary N) is 1. The van der Waals surface area contributed by atoms with Gasteiger partial charge in [-0.25, -0.2) is 4.39 Å². The van der Waals surface area contributed by atoms with Crippen molar-refractivity contribution in [3.8, 4) is 5.75 Å². The Hall–Kier alpha value is -2.27. The molecule has 0 amide bonds. The quantitative estimate of drug-likeness (QED) is 0.750. The van der Waals surface area contributed by atoms with E-state index in [1.807, 2.05) is 16.9 Å². The Morgan fingerprint density at radius 3 is 2.71 bits per heavy atom. The summed E-state index contributed by atoms with van der Waals surface area (Å²) in [6, 6.07) is 12.5. The largest absolute Gasteiger partial charge is 0.489 e. The van der Waals surface area contributed by atoms with E-state index < -0.39 is 0 Å². The van der Waals surface area contributed by atoms with Gasteiger partial charge in [0.15, 0.2) is 7.98 Å². The predicted molar refractivity (Wildman–Crippen MR) is 93.8 cm³/mol. The predicted octanol–water partition coefficient (Wildman–Crippen LogP) is 3.37. The van der Waals surface area contributed by atoms with Crippen molar-refractivity contribution in [1.29, 1.82) is 0 Å². The molecule has 5 heteroatoms. The van der Waals surface area contributed by atoms with E-state index in [4.69, 9.17) is 12.7 Å². The number of aromatic nitrogens is 1. The van der Waals surface area contributed by atoms with Crippen LogP contribution in [0.4, 0.5) is 4.39 Å². The van der Waals surface area contributed by atoms with E-state index in [0.29, 0.717) is 6.61 Å². The van der Waals surface area contributed by atoms with Gasteiger partial charge >= 0.3 is 0 Å². The lowest BCUT2D eigenvalue weighted by Gasteiger charge is -2.12. The highest BCUT2D eigenvalue weighted by Crippen LogP contribution is 2.28. The lowest BCUT2D eigenvalue weighted by Crippen LogP contribution is -2.22. The molecule has 24 heavy (non-hydrogen) atoms. The number of hydrogen-bond donors (Lipinski definition) is 1. The Bertz CT molecular complexity index is 860. The average Bonchev–Trinajstić information content (AvgIpc) is 2.84. The molecule has 0 saturated heterocycles. The smallest absolute Gasteiger partial charge is 0.182 e. The van der Waals surface area contributed by atoms with Gasteiger partial charge in [0.25, 0.3) is 0 Å². The van der Waals surface area contributed by atoms with Crippen molar-refractivity contribution in [2.24, 2.45) is 0 Å². The highest BCUT2D eigenvalue weighted by molar-refractivity contribution is 6.04. The number of ether oxygens (including phenoxy) is 1. The second-order valence-corrected chi connectivity index (χ2v) is 6.24. The van der Waals surface area contributed by atoms with Crippen LogP contribution in [-0.4, -0.2) is 30.9 Å². The molecule has 0 bridgehead atoms. The van der Waals surface area contributed by atoms with Crippen molar-refractivity contribution in [3.05, 3.63) is 65.1 Å². The minimum atomic E-state index is -0.232. The number of H-pyrrole nitrogens is 1. The van der Waals surface area contributed by atoms with Gasteiger partial charge in [0.05, 0.1) is 0 Å². The summed E-state index contributed by atoms with van der Waals surface area (Å²) < 4.78 is 18.8. The molecule has 2 heterocycles. The third kappa shape index (κ3) is 3.04. The van der Waals surface area contributed by atoms with Crippen molar-refractivity contribution >= 4 is 18.9 Å². The monoisotopic (exact) mass is 320 g/mol. The van der Waals surface area contributed by atoms with Gasteiger partial charge < -0.3 is 14.5 Å². The minimum Gasteiger partial charge on any atom is -0.489 e. The maximum Gasteiger partial charge on any atom is 0.182 e. The SMILES string of the molecule is [B]N1CCc2[nH]c3cc(OCc4ccc(F)cc4)ccc3c2CC1. The van der Waals surface area contributed by atoms with Crippen LogP contribution in [0.2, 0.25) is 0 Å². The Balaban J connectivity index is 1.54. The zero-order valence-electron chi connectivity index (χ0n) is 13.4. The summed E-state index contributed by atoms with van der Waals surface area (Å²) in [6.45, 7) is 2.17. The van der Waals surface area contributed by atoms with Gasteiger partial charge in [0, 0.05) is 22.7 Å². The number of hydrogen-bond acceptors (Lipinski definition) is 2. The highest BCUT2D eigenvalue weighted by Gasteiger charge is 2.16. The Labute approximate surface area is 141 Å². The molecule has 2 aromatic carbocycles. The van der Waals surface area contributed by atoms with Gasteiger partial charge in [0.1, 0.15) is 18.2 Å². The van der Waals surface area contributed by atoms with Crippen LogP contribution in [0.3, 0.4) is 0 Å². The summed E-state index contributed by atoms with van der Waals surface area (Å²) in [5.41, 5.74) is 4.68. The van der Waals surface area contributed by atoms with E-state index in [1.54, 1.807) is 12.1 Å². The zero-order valence-corrected chi connectivity index (χ0v) is 13.4. The lowest BCUT2D eigenvalue weighted by atomic mass is 10.1. The summed E-state index contributed by atoms with van der Waals surface area (Å²) in [5.74, 6) is 0.577. The molecule has 0 unspecified atom stereocenters. The van der Waals surface area contributed by atoms with Gasteiger partial charge in [-0.05, 0) is 61.3 Å². The van der Waals surface area contributed by atoms with Crippen LogP contribution in [0.5, 0.6) is 5.75 Å². The average molecular weight is 320 g/mol. The topological polar surface area (TPSA) is 28.3 Å². The summed E-state index contributed by atoms with van der Waals surface area (Å²) in [6.07, 6.45) is 1.90. The summed E-state index contributed by atoms with van der Waals surface area (Å²) in [5, 5.41) is 1.24. The molecular weight excluding hydrogens is 302 g/mol. The normalized spacial score (nSPS) is 15.2. The van der Waals surface area contributed by atoms with Crippen molar-refractivity contribution in [3.63, 3.8) is 0 Å². The molecule has 120 valence electrons. The zero-order chi connectivity index (χ0) is 16.5. The van der Waals surface area contributed by atoms with E-state index in [0.717, 1.165) is 42.8 Å². The fourth-order valence-electron chi connectivity index (χ4n) is 3.25. The molecule has 0 fully saturated rings. The first-order valence-electron chi connectivity index (χ1n) is 8.19. The molecular formula is C19H18BFN2O. The second-order valence-electron chi connectivity index (χ2n) is 6.24. The molecule has 1 aliphatic rings. The van der Waals surface area contributed by atoms with Crippen LogP contribution >= 0.6 is 0 Å². The van der Waals surface area contributed by atoms with Crippen molar-refractivity contribution < 1.29 is 9.13 Å². The van der Waals surface area contributed by atoms with Crippen LogP contribution < -0.4 is 4.74 Å². The lowest BCUT2D eigenvalue weighted by molar-refractivity contribution is 0.306. The number of rotatable bonds is 3. The molecule has 3 nitrogen and oxygen atoms in total. The molecule has 0 spiro atoms. The molecule has 0 saturated carbocycles. The maximum atomic E-state index is 12.9. The van der Waals surface area contributed by atoms with Gasteiger partial charge in [-0.15, -0.1) is 0 Å². The van der Waals surface area contributed by atoms with E-state index >= 15 is 0 Å². The standard InChI is InChI=1S/C19H18BFN2O/c20-23-9-7-17-16-6-5-15(11-19(16)22-18(17)8-10-23)24-12-13-1-3-14(21)4-2-13/h1-6,11,22H,7-10,12H2. The van der Waals surface area contributed by atoms with E-state index in [2.05, 4.69) is 11.1 Å².